The quantitative estimate of drug-likeness (QED) is 0.890. The number of ether oxygens (including phenoxy) is 2. The zero-order valence-corrected chi connectivity index (χ0v) is 12.0. The van der Waals surface area contributed by atoms with Gasteiger partial charge in [0.1, 0.15) is 0 Å². The summed E-state index contributed by atoms with van der Waals surface area (Å²) in [6, 6.07) is 8.13. The Kier molecular flexibility index (Phi) is 5.10. The average Bonchev–Trinajstić information content (AvgIpc) is 2.97. The van der Waals surface area contributed by atoms with E-state index >= 15 is 0 Å². The molecule has 1 N–H and O–H groups in total. The summed E-state index contributed by atoms with van der Waals surface area (Å²) in [5.74, 6) is -0.685. The summed E-state index contributed by atoms with van der Waals surface area (Å²) < 4.78 is 34.3. The zero-order valence-electron chi connectivity index (χ0n) is 11.1. The Balaban J connectivity index is 2.18. The Morgan fingerprint density at radius 1 is 1.33 bits per heavy atom. The van der Waals surface area contributed by atoms with Crippen molar-refractivity contribution in [2.75, 3.05) is 7.11 Å². The fourth-order valence-electron chi connectivity index (χ4n) is 1.74. The largest absolute Gasteiger partial charge is 0.493 e. The number of halogens is 2. The van der Waals surface area contributed by atoms with Gasteiger partial charge in [0.2, 0.25) is 0 Å². The lowest BCUT2D eigenvalue weighted by Gasteiger charge is -2.14. The van der Waals surface area contributed by atoms with Crippen LogP contribution in [0.1, 0.15) is 15.2 Å². The van der Waals surface area contributed by atoms with Gasteiger partial charge in [0.25, 0.3) is 5.91 Å². The number of alkyl halides is 2. The maximum atomic E-state index is 12.5. The molecule has 1 aromatic carbocycles. The van der Waals surface area contributed by atoms with Gasteiger partial charge < -0.3 is 14.8 Å². The third kappa shape index (κ3) is 3.91. The van der Waals surface area contributed by atoms with Crippen LogP contribution in [0.3, 0.4) is 0 Å². The number of hydrogen-bond acceptors (Lipinski definition) is 4. The van der Waals surface area contributed by atoms with Gasteiger partial charge in [-0.25, -0.2) is 0 Å². The predicted molar refractivity (Wildman–Crippen MR) is 75.1 cm³/mol. The van der Waals surface area contributed by atoms with Gasteiger partial charge in [-0.3, -0.25) is 4.79 Å². The van der Waals surface area contributed by atoms with Gasteiger partial charge in [-0.1, -0.05) is 12.1 Å². The van der Waals surface area contributed by atoms with Crippen LogP contribution in [0.15, 0.2) is 35.7 Å². The van der Waals surface area contributed by atoms with E-state index in [0.29, 0.717) is 6.54 Å². The number of rotatable bonds is 6. The average molecular weight is 313 g/mol. The van der Waals surface area contributed by atoms with E-state index in [0.717, 1.165) is 4.88 Å². The smallest absolute Gasteiger partial charge is 0.387 e. The maximum absolute atomic E-state index is 12.5. The number of benzene rings is 1. The first-order chi connectivity index (χ1) is 10.1. The molecular weight excluding hydrogens is 300 g/mol. The summed E-state index contributed by atoms with van der Waals surface area (Å²) in [6.45, 7) is -2.72. The fourth-order valence-corrected chi connectivity index (χ4v) is 2.39. The molecular formula is C14H13F2NO3S. The molecule has 1 heterocycles. The first-order valence-corrected chi connectivity index (χ1v) is 6.92. The van der Waals surface area contributed by atoms with Crippen molar-refractivity contribution in [2.24, 2.45) is 0 Å². The van der Waals surface area contributed by atoms with Crippen LogP contribution in [0.2, 0.25) is 0 Å². The minimum Gasteiger partial charge on any atom is -0.493 e. The highest BCUT2D eigenvalue weighted by molar-refractivity contribution is 7.09. The van der Waals surface area contributed by atoms with Gasteiger partial charge in [-0.2, -0.15) is 8.78 Å². The minimum absolute atomic E-state index is 0.00575. The number of amides is 1. The fraction of sp³-hybridized carbons (Fsp3) is 0.214. The highest BCUT2D eigenvalue weighted by Gasteiger charge is 2.20. The Morgan fingerprint density at radius 3 is 2.76 bits per heavy atom. The highest BCUT2D eigenvalue weighted by Crippen LogP contribution is 2.32. The van der Waals surface area contributed by atoms with Crippen LogP contribution >= 0.6 is 11.3 Å². The third-order valence-corrected chi connectivity index (χ3v) is 3.53. The topological polar surface area (TPSA) is 47.6 Å². The Hall–Kier alpha value is -2.15. The van der Waals surface area contributed by atoms with Crippen molar-refractivity contribution in [1.82, 2.24) is 5.32 Å². The van der Waals surface area contributed by atoms with Crippen molar-refractivity contribution >= 4 is 17.2 Å². The lowest BCUT2D eigenvalue weighted by molar-refractivity contribution is -0.0515. The summed E-state index contributed by atoms with van der Waals surface area (Å²) >= 11 is 1.49. The second-order valence-corrected chi connectivity index (χ2v) is 5.01. The highest BCUT2D eigenvalue weighted by atomic mass is 32.1. The van der Waals surface area contributed by atoms with E-state index in [9.17, 15) is 13.6 Å². The molecule has 0 unspecified atom stereocenters. The molecule has 1 aromatic heterocycles. The molecule has 2 rings (SSSR count). The van der Waals surface area contributed by atoms with Crippen molar-refractivity contribution in [1.29, 1.82) is 0 Å². The Morgan fingerprint density at radius 2 is 2.14 bits per heavy atom. The summed E-state index contributed by atoms with van der Waals surface area (Å²) in [5, 5.41) is 4.54. The van der Waals surface area contributed by atoms with Crippen molar-refractivity contribution in [3.05, 3.63) is 46.2 Å². The number of thiophene rings is 1. The lowest BCUT2D eigenvalue weighted by atomic mass is 10.1. The van der Waals surface area contributed by atoms with Crippen molar-refractivity contribution < 1.29 is 23.0 Å². The minimum atomic E-state index is -3.04. The number of nitrogens with one attached hydrogen (secondary N) is 1. The maximum Gasteiger partial charge on any atom is 0.387 e. The van der Waals surface area contributed by atoms with E-state index in [-0.39, 0.29) is 17.1 Å². The molecule has 0 atom stereocenters. The standard InChI is InChI=1S/C14H13F2NO3S/c1-19-11-6-2-5-10(12(11)20-14(15)16)13(18)17-8-9-4-3-7-21-9/h2-7,14H,8H2,1H3,(H,17,18). The first kappa shape index (κ1) is 15.2. The molecule has 0 aliphatic rings. The van der Waals surface area contributed by atoms with E-state index in [4.69, 9.17) is 4.74 Å². The number of methoxy groups -OCH3 is 1. The van der Waals surface area contributed by atoms with Crippen LogP contribution < -0.4 is 14.8 Å². The van der Waals surface area contributed by atoms with E-state index in [2.05, 4.69) is 10.1 Å². The second kappa shape index (κ2) is 7.03. The summed E-state index contributed by atoms with van der Waals surface area (Å²) in [7, 11) is 1.32. The molecule has 0 saturated heterocycles. The number of hydrogen-bond donors (Lipinski definition) is 1. The molecule has 0 spiro atoms. The van der Waals surface area contributed by atoms with Gasteiger partial charge in [0.05, 0.1) is 19.2 Å². The summed E-state index contributed by atoms with van der Waals surface area (Å²) in [4.78, 5) is 13.1. The van der Waals surface area contributed by atoms with Crippen LogP contribution in [0, 0.1) is 0 Å². The number of carbonyl (C=O) groups is 1. The third-order valence-electron chi connectivity index (χ3n) is 2.65. The van der Waals surface area contributed by atoms with Gasteiger partial charge in [0, 0.05) is 4.88 Å². The molecule has 0 aliphatic carbocycles. The van der Waals surface area contributed by atoms with Crippen LogP contribution in [-0.2, 0) is 6.54 Å². The van der Waals surface area contributed by atoms with Crippen LogP contribution in [-0.4, -0.2) is 19.6 Å². The molecule has 21 heavy (non-hydrogen) atoms. The molecule has 112 valence electrons. The molecule has 1 amide bonds. The molecule has 0 saturated carbocycles. The van der Waals surface area contributed by atoms with Crippen LogP contribution in [0.25, 0.3) is 0 Å². The molecule has 4 nitrogen and oxygen atoms in total. The normalized spacial score (nSPS) is 10.5. The molecule has 0 fully saturated rings. The number of para-hydroxylation sites is 1. The Labute approximate surface area is 124 Å². The summed E-state index contributed by atoms with van der Waals surface area (Å²) in [6.07, 6.45) is 0. The van der Waals surface area contributed by atoms with E-state index in [1.807, 2.05) is 17.5 Å². The monoisotopic (exact) mass is 313 g/mol. The van der Waals surface area contributed by atoms with Crippen molar-refractivity contribution in [2.45, 2.75) is 13.2 Å². The van der Waals surface area contributed by atoms with E-state index in [1.165, 1.54) is 36.6 Å². The Bertz CT molecular complexity index is 602. The van der Waals surface area contributed by atoms with E-state index < -0.39 is 12.5 Å². The lowest BCUT2D eigenvalue weighted by Crippen LogP contribution is -2.23. The molecule has 0 radical (unpaired) electrons. The van der Waals surface area contributed by atoms with Crippen molar-refractivity contribution in [3.63, 3.8) is 0 Å². The van der Waals surface area contributed by atoms with Gasteiger partial charge >= 0.3 is 6.61 Å². The van der Waals surface area contributed by atoms with Gasteiger partial charge in [-0.05, 0) is 23.6 Å². The molecule has 0 bridgehead atoms. The van der Waals surface area contributed by atoms with Gasteiger partial charge in [-0.15, -0.1) is 11.3 Å². The van der Waals surface area contributed by atoms with Crippen molar-refractivity contribution in [3.8, 4) is 11.5 Å². The van der Waals surface area contributed by atoms with Crippen LogP contribution in [0.4, 0.5) is 8.78 Å². The number of carbonyl (C=O) groups excluding carboxylic acids is 1. The molecule has 0 aliphatic heterocycles. The van der Waals surface area contributed by atoms with Crippen LogP contribution in [0.5, 0.6) is 11.5 Å². The zero-order chi connectivity index (χ0) is 15.2. The summed E-state index contributed by atoms with van der Waals surface area (Å²) in [5.41, 5.74) is 0.00575. The molecule has 2 aromatic rings. The SMILES string of the molecule is COc1cccc(C(=O)NCc2cccs2)c1OC(F)F. The molecule has 7 heteroatoms. The van der Waals surface area contributed by atoms with E-state index in [1.54, 1.807) is 0 Å². The predicted octanol–water partition coefficient (Wildman–Crippen LogP) is 3.29. The first-order valence-electron chi connectivity index (χ1n) is 6.04. The van der Waals surface area contributed by atoms with Gasteiger partial charge in [0.15, 0.2) is 11.5 Å². The second-order valence-electron chi connectivity index (χ2n) is 3.98.